The number of nitrogens with one attached hydrogen (secondary N) is 1. The average Bonchev–Trinajstić information content (AvgIpc) is 3.39. The molecule has 0 spiro atoms. The van der Waals surface area contributed by atoms with Crippen molar-refractivity contribution in [3.8, 4) is 11.5 Å². The fourth-order valence-corrected chi connectivity index (χ4v) is 3.54. The lowest BCUT2D eigenvalue weighted by molar-refractivity contribution is -0.117. The molecule has 0 unspecified atom stereocenters. The van der Waals surface area contributed by atoms with Crippen molar-refractivity contribution in [2.75, 3.05) is 38.0 Å². The van der Waals surface area contributed by atoms with Crippen molar-refractivity contribution in [3.05, 3.63) is 59.5 Å². The lowest BCUT2D eigenvalue weighted by Gasteiger charge is -2.33. The first kappa shape index (κ1) is 19.4. The number of aryl methyl sites for hydroxylation is 1. The molecule has 1 saturated heterocycles. The van der Waals surface area contributed by atoms with Gasteiger partial charge in [-0.05, 0) is 43.2 Å². The molecule has 0 aliphatic carbocycles. The molecule has 1 aliphatic rings. The number of carbonyl (C=O) groups is 1. The van der Waals surface area contributed by atoms with Crippen molar-refractivity contribution in [2.45, 2.75) is 20.4 Å². The molecule has 7 nitrogen and oxygen atoms in total. The molecular weight excluding hydrogens is 368 g/mol. The van der Waals surface area contributed by atoms with E-state index in [1.165, 1.54) is 5.56 Å². The Hall–Kier alpha value is -2.90. The van der Waals surface area contributed by atoms with E-state index in [4.69, 9.17) is 8.94 Å². The number of hydrogen-bond acceptors (Lipinski definition) is 6. The van der Waals surface area contributed by atoms with Gasteiger partial charge in [0.05, 0.1) is 18.5 Å². The third-order valence-corrected chi connectivity index (χ3v) is 5.42. The van der Waals surface area contributed by atoms with Crippen molar-refractivity contribution in [2.24, 2.45) is 0 Å². The summed E-state index contributed by atoms with van der Waals surface area (Å²) < 4.78 is 10.7. The Morgan fingerprint density at radius 3 is 2.62 bits per heavy atom. The van der Waals surface area contributed by atoms with Gasteiger partial charge in [0.2, 0.25) is 11.7 Å². The molecule has 0 atom stereocenters. The zero-order chi connectivity index (χ0) is 20.2. The van der Waals surface area contributed by atoms with Crippen molar-refractivity contribution in [1.82, 2.24) is 15.0 Å². The number of furan rings is 1. The van der Waals surface area contributed by atoms with Gasteiger partial charge in [-0.2, -0.15) is 0 Å². The molecular formula is C22H26N4O3. The molecule has 3 heterocycles. The summed E-state index contributed by atoms with van der Waals surface area (Å²) in [6.07, 6.45) is 1.62. The van der Waals surface area contributed by atoms with E-state index in [1.54, 1.807) is 6.26 Å². The Bertz CT molecular complexity index is 956. The number of carbonyl (C=O) groups excluding carboxylic acids is 1. The highest BCUT2D eigenvalue weighted by molar-refractivity contribution is 5.93. The predicted molar refractivity (Wildman–Crippen MR) is 110 cm³/mol. The minimum atomic E-state index is 0.0340. The van der Waals surface area contributed by atoms with Gasteiger partial charge in [0.1, 0.15) is 0 Å². The second kappa shape index (κ2) is 8.63. The van der Waals surface area contributed by atoms with Crippen LogP contribution in [0, 0.1) is 13.8 Å². The summed E-state index contributed by atoms with van der Waals surface area (Å²) in [5.41, 5.74) is 4.08. The van der Waals surface area contributed by atoms with Gasteiger partial charge >= 0.3 is 0 Å². The number of piperazine rings is 1. The van der Waals surface area contributed by atoms with E-state index in [-0.39, 0.29) is 5.91 Å². The van der Waals surface area contributed by atoms with E-state index in [0.717, 1.165) is 49.7 Å². The highest BCUT2D eigenvalue weighted by Crippen LogP contribution is 2.21. The maximum absolute atomic E-state index is 12.4. The zero-order valence-electron chi connectivity index (χ0n) is 16.9. The molecule has 0 bridgehead atoms. The summed E-state index contributed by atoms with van der Waals surface area (Å²) in [7, 11) is 0. The van der Waals surface area contributed by atoms with Crippen LogP contribution in [0.2, 0.25) is 0 Å². The molecule has 1 fully saturated rings. The molecule has 1 aliphatic heterocycles. The van der Waals surface area contributed by atoms with Crippen molar-refractivity contribution in [1.29, 1.82) is 0 Å². The quantitative estimate of drug-likeness (QED) is 0.691. The molecule has 29 heavy (non-hydrogen) atoms. The highest BCUT2D eigenvalue weighted by atomic mass is 16.5. The summed E-state index contributed by atoms with van der Waals surface area (Å²) in [5.74, 6) is 1.36. The Labute approximate surface area is 170 Å². The topological polar surface area (TPSA) is 74.8 Å². The van der Waals surface area contributed by atoms with Crippen LogP contribution in [-0.4, -0.2) is 53.6 Å². The smallest absolute Gasteiger partial charge is 0.238 e. The van der Waals surface area contributed by atoms with Gasteiger partial charge in [-0.25, -0.2) is 0 Å². The van der Waals surface area contributed by atoms with Gasteiger partial charge in [0.15, 0.2) is 5.76 Å². The molecule has 1 N–H and O–H groups in total. The van der Waals surface area contributed by atoms with E-state index in [0.29, 0.717) is 18.1 Å². The average molecular weight is 394 g/mol. The van der Waals surface area contributed by atoms with Crippen molar-refractivity contribution in [3.63, 3.8) is 0 Å². The third-order valence-electron chi connectivity index (χ3n) is 5.42. The molecule has 152 valence electrons. The number of hydrogen-bond donors (Lipinski definition) is 1. The van der Waals surface area contributed by atoms with Gasteiger partial charge in [0.25, 0.3) is 0 Å². The molecule has 3 aromatic rings. The molecule has 0 radical (unpaired) electrons. The number of aromatic nitrogens is 1. The van der Waals surface area contributed by atoms with Crippen LogP contribution in [0.3, 0.4) is 0 Å². The molecule has 1 amide bonds. The normalized spacial score (nSPS) is 15.5. The largest absolute Gasteiger partial charge is 0.461 e. The first-order valence-electron chi connectivity index (χ1n) is 9.89. The summed E-state index contributed by atoms with van der Waals surface area (Å²) in [6.45, 7) is 8.70. The number of rotatable bonds is 6. The Kier molecular flexibility index (Phi) is 5.78. The molecule has 1 aromatic carbocycles. The minimum Gasteiger partial charge on any atom is -0.461 e. The van der Waals surface area contributed by atoms with E-state index in [1.807, 2.05) is 37.3 Å². The maximum atomic E-state index is 12.4. The van der Waals surface area contributed by atoms with Crippen molar-refractivity contribution < 1.29 is 13.7 Å². The van der Waals surface area contributed by atoms with Crippen LogP contribution in [0.5, 0.6) is 0 Å². The third kappa shape index (κ3) is 4.75. The fraction of sp³-hybridized carbons (Fsp3) is 0.364. The Morgan fingerprint density at radius 1 is 1.07 bits per heavy atom. The second-order valence-corrected chi connectivity index (χ2v) is 7.51. The minimum absolute atomic E-state index is 0.0340. The van der Waals surface area contributed by atoms with Crippen LogP contribution in [-0.2, 0) is 11.3 Å². The maximum Gasteiger partial charge on any atom is 0.238 e. The molecule has 0 saturated carbocycles. The Balaban J connectivity index is 1.24. The summed E-state index contributed by atoms with van der Waals surface area (Å²) >= 11 is 0. The van der Waals surface area contributed by atoms with E-state index in [9.17, 15) is 4.79 Å². The van der Waals surface area contributed by atoms with E-state index >= 15 is 0 Å². The van der Waals surface area contributed by atoms with E-state index in [2.05, 4.69) is 33.3 Å². The highest BCUT2D eigenvalue weighted by Gasteiger charge is 2.21. The van der Waals surface area contributed by atoms with Gasteiger partial charge < -0.3 is 14.3 Å². The summed E-state index contributed by atoms with van der Waals surface area (Å²) in [6, 6.07) is 11.6. The molecule has 2 aromatic heterocycles. The van der Waals surface area contributed by atoms with Gasteiger partial charge in [-0.1, -0.05) is 17.3 Å². The predicted octanol–water partition coefficient (Wildman–Crippen LogP) is 3.31. The summed E-state index contributed by atoms with van der Waals surface area (Å²) in [4.78, 5) is 16.9. The number of anilines is 1. The van der Waals surface area contributed by atoms with Crippen LogP contribution in [0.4, 0.5) is 5.69 Å². The molecule has 7 heteroatoms. The first-order valence-corrected chi connectivity index (χ1v) is 9.89. The zero-order valence-corrected chi connectivity index (χ0v) is 16.9. The number of amides is 1. The standard InChI is InChI=1S/C22H26N4O3/c1-16-5-3-6-19(17(16)2)23-22(27)15-26-10-8-25(9-11-26)14-18-13-21(29-24-18)20-7-4-12-28-20/h3-7,12-13H,8-11,14-15H2,1-2H3,(H,23,27). The molecule has 4 rings (SSSR count). The van der Waals surface area contributed by atoms with Gasteiger partial charge in [-0.3, -0.25) is 14.6 Å². The number of nitrogens with zero attached hydrogens (tertiary/aromatic N) is 3. The lowest BCUT2D eigenvalue weighted by atomic mass is 10.1. The van der Waals surface area contributed by atoms with Crippen LogP contribution in [0.1, 0.15) is 16.8 Å². The summed E-state index contributed by atoms with van der Waals surface area (Å²) in [5, 5.41) is 7.18. The van der Waals surface area contributed by atoms with Gasteiger partial charge in [0, 0.05) is 44.5 Å². The second-order valence-electron chi connectivity index (χ2n) is 7.51. The van der Waals surface area contributed by atoms with Crippen LogP contribution < -0.4 is 5.32 Å². The first-order chi connectivity index (χ1) is 14.1. The van der Waals surface area contributed by atoms with Crippen molar-refractivity contribution >= 4 is 11.6 Å². The van der Waals surface area contributed by atoms with Gasteiger partial charge in [-0.15, -0.1) is 0 Å². The van der Waals surface area contributed by atoms with Crippen LogP contribution in [0.25, 0.3) is 11.5 Å². The Morgan fingerprint density at radius 2 is 1.86 bits per heavy atom. The fourth-order valence-electron chi connectivity index (χ4n) is 3.54. The SMILES string of the molecule is Cc1cccc(NC(=O)CN2CCN(Cc3cc(-c4ccco4)on3)CC2)c1C. The van der Waals surface area contributed by atoms with Crippen LogP contribution >= 0.6 is 0 Å². The van der Waals surface area contributed by atoms with E-state index < -0.39 is 0 Å². The monoisotopic (exact) mass is 394 g/mol. The lowest BCUT2D eigenvalue weighted by Crippen LogP contribution is -2.48. The van der Waals surface area contributed by atoms with Crippen LogP contribution in [0.15, 0.2) is 51.6 Å². The number of benzene rings is 1.